The van der Waals surface area contributed by atoms with E-state index in [2.05, 4.69) is 31.7 Å². The van der Waals surface area contributed by atoms with E-state index in [0.717, 1.165) is 38.6 Å². The first-order valence-electron chi connectivity index (χ1n) is 11.2. The van der Waals surface area contributed by atoms with E-state index in [1.54, 1.807) is 6.33 Å². The van der Waals surface area contributed by atoms with Crippen molar-refractivity contribution in [1.29, 1.82) is 0 Å². The Morgan fingerprint density at radius 2 is 1.83 bits per heavy atom. The average molecular weight is 464 g/mol. The van der Waals surface area contributed by atoms with E-state index in [0.29, 0.717) is 41.3 Å². The predicted molar refractivity (Wildman–Crippen MR) is 133 cm³/mol. The summed E-state index contributed by atoms with van der Waals surface area (Å²) >= 11 is 0. The van der Waals surface area contributed by atoms with Gasteiger partial charge in [-0.25, -0.2) is 9.97 Å². The lowest BCUT2D eigenvalue weighted by Crippen LogP contribution is -2.11. The van der Waals surface area contributed by atoms with Crippen molar-refractivity contribution >= 4 is 33.0 Å². The standard InChI is InChI=1S/C26H20N6O3/c27-9-14-2-1-3-15(4-14)10-32-11-17(16-5-23-24(8-22(16)32)35-13-34-23)25-26(33)31-21-7-19-18(28-12-29-19)6-20(21)30-25/h1-8,11-12H,9-10,13,27H2,(H,28,29)(H,31,33). The Morgan fingerprint density at radius 3 is 2.71 bits per heavy atom. The minimum absolute atomic E-state index is 0.171. The first kappa shape index (κ1) is 19.8. The van der Waals surface area contributed by atoms with E-state index in [9.17, 15) is 4.79 Å². The zero-order valence-corrected chi connectivity index (χ0v) is 18.5. The van der Waals surface area contributed by atoms with Gasteiger partial charge in [-0.3, -0.25) is 4.79 Å². The third kappa shape index (κ3) is 3.17. The second-order valence-electron chi connectivity index (χ2n) is 8.62. The van der Waals surface area contributed by atoms with Crippen LogP contribution in [0.15, 0.2) is 65.8 Å². The second-order valence-corrected chi connectivity index (χ2v) is 8.62. The topological polar surface area (TPSA) is 124 Å². The summed E-state index contributed by atoms with van der Waals surface area (Å²) in [6.07, 6.45) is 3.59. The van der Waals surface area contributed by atoms with Crippen LogP contribution in [0.4, 0.5) is 0 Å². The Kier molecular flexibility index (Phi) is 4.21. The van der Waals surface area contributed by atoms with Crippen LogP contribution >= 0.6 is 0 Å². The van der Waals surface area contributed by atoms with Crippen LogP contribution in [-0.2, 0) is 13.1 Å². The van der Waals surface area contributed by atoms with E-state index in [-0.39, 0.29) is 12.4 Å². The number of fused-ring (bicyclic) bond motifs is 4. The van der Waals surface area contributed by atoms with Crippen LogP contribution < -0.4 is 20.8 Å². The molecule has 1 aliphatic heterocycles. The fourth-order valence-electron chi connectivity index (χ4n) is 4.75. The molecular formula is C26H20N6O3. The number of benzene rings is 3. The maximum absolute atomic E-state index is 13.2. The molecule has 0 bridgehead atoms. The number of rotatable bonds is 4. The van der Waals surface area contributed by atoms with Crippen molar-refractivity contribution in [2.45, 2.75) is 13.1 Å². The molecule has 0 radical (unpaired) electrons. The molecule has 0 spiro atoms. The molecule has 172 valence electrons. The van der Waals surface area contributed by atoms with Crippen molar-refractivity contribution in [3.63, 3.8) is 0 Å². The van der Waals surface area contributed by atoms with Crippen molar-refractivity contribution in [2.75, 3.05) is 6.79 Å². The van der Waals surface area contributed by atoms with Crippen LogP contribution in [0.1, 0.15) is 11.1 Å². The Labute approximate surface area is 198 Å². The molecular weight excluding hydrogens is 444 g/mol. The molecule has 6 aromatic rings. The lowest BCUT2D eigenvalue weighted by Gasteiger charge is -2.08. The van der Waals surface area contributed by atoms with Gasteiger partial charge in [-0.15, -0.1) is 0 Å². The zero-order valence-electron chi connectivity index (χ0n) is 18.5. The van der Waals surface area contributed by atoms with Crippen molar-refractivity contribution in [3.05, 3.63) is 82.5 Å². The highest BCUT2D eigenvalue weighted by Gasteiger charge is 2.21. The van der Waals surface area contributed by atoms with Crippen LogP contribution in [0, 0.1) is 0 Å². The largest absolute Gasteiger partial charge is 0.454 e. The molecule has 4 N–H and O–H groups in total. The molecule has 3 aromatic carbocycles. The first-order chi connectivity index (χ1) is 17.2. The third-order valence-corrected chi connectivity index (χ3v) is 6.44. The van der Waals surface area contributed by atoms with Gasteiger partial charge in [0.15, 0.2) is 11.5 Å². The van der Waals surface area contributed by atoms with Gasteiger partial charge in [0.05, 0.1) is 33.9 Å². The van der Waals surface area contributed by atoms with Crippen molar-refractivity contribution in [3.8, 4) is 22.8 Å². The second kappa shape index (κ2) is 7.44. The number of ether oxygens (including phenoxy) is 2. The molecule has 9 heteroatoms. The number of H-pyrrole nitrogens is 2. The van der Waals surface area contributed by atoms with Gasteiger partial charge in [0.2, 0.25) is 6.79 Å². The third-order valence-electron chi connectivity index (χ3n) is 6.44. The average Bonchev–Trinajstić information content (AvgIpc) is 3.60. The molecule has 1 aliphatic rings. The van der Waals surface area contributed by atoms with Gasteiger partial charge >= 0.3 is 0 Å². The number of nitrogens with one attached hydrogen (secondary N) is 2. The Morgan fingerprint density at radius 1 is 1.00 bits per heavy atom. The molecule has 0 fully saturated rings. The van der Waals surface area contributed by atoms with Gasteiger partial charge in [-0.1, -0.05) is 24.3 Å². The number of nitrogens with two attached hydrogens (primary N) is 1. The smallest absolute Gasteiger partial charge is 0.275 e. The molecule has 0 saturated carbocycles. The summed E-state index contributed by atoms with van der Waals surface area (Å²) in [4.78, 5) is 28.3. The number of aromatic nitrogens is 5. The minimum Gasteiger partial charge on any atom is -0.454 e. The maximum Gasteiger partial charge on any atom is 0.275 e. The van der Waals surface area contributed by atoms with Gasteiger partial charge in [0.1, 0.15) is 5.69 Å². The molecule has 0 aliphatic carbocycles. The predicted octanol–water partition coefficient (Wildman–Crippen LogP) is 3.66. The number of hydrogen-bond acceptors (Lipinski definition) is 6. The number of hydrogen-bond donors (Lipinski definition) is 3. The van der Waals surface area contributed by atoms with Crippen LogP contribution in [0.25, 0.3) is 44.2 Å². The molecule has 0 saturated heterocycles. The Bertz CT molecular complexity index is 1830. The van der Waals surface area contributed by atoms with Gasteiger partial charge in [-0.05, 0) is 29.3 Å². The Balaban J connectivity index is 1.44. The van der Waals surface area contributed by atoms with Crippen molar-refractivity contribution < 1.29 is 9.47 Å². The summed E-state index contributed by atoms with van der Waals surface area (Å²) in [6.45, 7) is 1.25. The fraction of sp³-hybridized carbons (Fsp3) is 0.115. The highest BCUT2D eigenvalue weighted by atomic mass is 16.7. The maximum atomic E-state index is 13.2. The summed E-state index contributed by atoms with van der Waals surface area (Å²) in [5.41, 5.74) is 12.7. The highest BCUT2D eigenvalue weighted by molar-refractivity contribution is 5.98. The molecule has 35 heavy (non-hydrogen) atoms. The molecule has 7 rings (SSSR count). The van der Waals surface area contributed by atoms with Gasteiger partial charge in [0.25, 0.3) is 5.56 Å². The van der Waals surface area contributed by atoms with E-state index >= 15 is 0 Å². The lowest BCUT2D eigenvalue weighted by atomic mass is 10.1. The number of aromatic amines is 2. The van der Waals surface area contributed by atoms with E-state index < -0.39 is 0 Å². The molecule has 3 aromatic heterocycles. The van der Waals surface area contributed by atoms with Crippen LogP contribution in [0.2, 0.25) is 0 Å². The van der Waals surface area contributed by atoms with Crippen LogP contribution in [0.3, 0.4) is 0 Å². The van der Waals surface area contributed by atoms with E-state index in [1.807, 2.05) is 42.6 Å². The number of nitrogens with zero attached hydrogens (tertiary/aromatic N) is 3. The van der Waals surface area contributed by atoms with Crippen molar-refractivity contribution in [2.24, 2.45) is 5.73 Å². The van der Waals surface area contributed by atoms with Crippen LogP contribution in [-0.4, -0.2) is 31.3 Å². The quantitative estimate of drug-likeness (QED) is 0.366. The fourth-order valence-corrected chi connectivity index (χ4v) is 4.75. The van der Waals surface area contributed by atoms with Gasteiger partial charge in [-0.2, -0.15) is 0 Å². The SMILES string of the molecule is NCc1cccc(Cn2cc(-c3nc4cc5[nH]cnc5cc4[nH]c3=O)c3cc4c(cc32)OCO4)c1. The number of imidazole rings is 1. The molecule has 0 unspecified atom stereocenters. The van der Waals surface area contributed by atoms with E-state index in [4.69, 9.17) is 20.2 Å². The summed E-state index contributed by atoms with van der Waals surface area (Å²) in [5.74, 6) is 1.33. The van der Waals surface area contributed by atoms with Gasteiger partial charge in [0, 0.05) is 36.3 Å². The normalized spacial score (nSPS) is 12.8. The molecule has 0 atom stereocenters. The summed E-state index contributed by atoms with van der Waals surface area (Å²) in [7, 11) is 0. The summed E-state index contributed by atoms with van der Waals surface area (Å²) < 4.78 is 13.4. The van der Waals surface area contributed by atoms with E-state index in [1.165, 1.54) is 0 Å². The first-order valence-corrected chi connectivity index (χ1v) is 11.2. The minimum atomic E-state index is -0.269. The summed E-state index contributed by atoms with van der Waals surface area (Å²) in [6, 6.07) is 15.8. The molecule has 9 nitrogen and oxygen atoms in total. The molecule has 0 amide bonds. The molecule has 4 heterocycles. The van der Waals surface area contributed by atoms with Gasteiger partial charge < -0.3 is 29.7 Å². The lowest BCUT2D eigenvalue weighted by molar-refractivity contribution is 0.174. The Hall–Kier alpha value is -4.63. The zero-order chi connectivity index (χ0) is 23.5. The highest BCUT2D eigenvalue weighted by Crippen LogP contribution is 2.40. The van der Waals surface area contributed by atoms with Crippen molar-refractivity contribution in [1.82, 2.24) is 24.5 Å². The monoisotopic (exact) mass is 464 g/mol. The summed E-state index contributed by atoms with van der Waals surface area (Å²) in [5, 5.41) is 0.865. The van der Waals surface area contributed by atoms with Crippen LogP contribution in [0.5, 0.6) is 11.5 Å².